The van der Waals surface area contributed by atoms with E-state index in [2.05, 4.69) is 29.2 Å². The highest BCUT2D eigenvalue weighted by Crippen LogP contribution is 2.39. The summed E-state index contributed by atoms with van der Waals surface area (Å²) in [5, 5.41) is 17.8. The van der Waals surface area contributed by atoms with E-state index < -0.39 is 6.10 Å². The molecule has 1 saturated carbocycles. The van der Waals surface area contributed by atoms with Crippen molar-refractivity contribution in [1.82, 2.24) is 14.6 Å². The molecule has 2 aromatic rings. The Morgan fingerprint density at radius 1 is 1.26 bits per heavy atom. The summed E-state index contributed by atoms with van der Waals surface area (Å²) >= 11 is 0. The van der Waals surface area contributed by atoms with Crippen LogP contribution in [0.15, 0.2) is 12.3 Å². The van der Waals surface area contributed by atoms with Gasteiger partial charge in [-0.25, -0.2) is 13.9 Å². The maximum absolute atomic E-state index is 14.4. The van der Waals surface area contributed by atoms with E-state index in [9.17, 15) is 9.50 Å². The van der Waals surface area contributed by atoms with E-state index in [0.717, 1.165) is 24.5 Å². The number of anilines is 1. The first kappa shape index (κ1) is 18.6. The summed E-state index contributed by atoms with van der Waals surface area (Å²) in [4.78, 5) is 4.26. The second-order valence-electron chi connectivity index (χ2n) is 8.33. The van der Waals surface area contributed by atoms with Crippen molar-refractivity contribution in [2.45, 2.75) is 64.0 Å². The summed E-state index contributed by atoms with van der Waals surface area (Å²) in [5.41, 5.74) is 1.34. The lowest BCUT2D eigenvalue weighted by Crippen LogP contribution is -2.42. The summed E-state index contributed by atoms with van der Waals surface area (Å²) in [5.74, 6) is 1.94. The summed E-state index contributed by atoms with van der Waals surface area (Å²) < 4.78 is 21.4. The number of halogens is 1. The molecule has 2 aromatic heterocycles. The molecule has 1 saturated heterocycles. The van der Waals surface area contributed by atoms with Crippen molar-refractivity contribution in [3.05, 3.63) is 23.8 Å². The van der Waals surface area contributed by atoms with E-state index in [1.165, 1.54) is 19.0 Å². The molecular formula is C20H29FN4O2. The lowest BCUT2D eigenvalue weighted by atomic mass is 9.76. The predicted octanol–water partition coefficient (Wildman–Crippen LogP) is 3.36. The third-order valence-corrected chi connectivity index (χ3v) is 6.27. The molecule has 2 N–H and O–H groups in total. The number of aliphatic hydroxyl groups excluding tert-OH is 1. The highest BCUT2D eigenvalue weighted by molar-refractivity contribution is 5.50. The molecule has 3 heterocycles. The van der Waals surface area contributed by atoms with E-state index in [0.29, 0.717) is 42.9 Å². The van der Waals surface area contributed by atoms with Crippen molar-refractivity contribution in [3.8, 4) is 0 Å². The average Bonchev–Trinajstić information content (AvgIpc) is 3.00. The van der Waals surface area contributed by atoms with Crippen LogP contribution < -0.4 is 5.32 Å². The van der Waals surface area contributed by atoms with Gasteiger partial charge in [-0.05, 0) is 50.0 Å². The Morgan fingerprint density at radius 2 is 2.04 bits per heavy atom. The van der Waals surface area contributed by atoms with Crippen molar-refractivity contribution in [2.24, 2.45) is 11.8 Å². The molecule has 4 rings (SSSR count). The third-order valence-electron chi connectivity index (χ3n) is 6.27. The molecule has 0 radical (unpaired) electrons. The predicted molar refractivity (Wildman–Crippen MR) is 101 cm³/mol. The van der Waals surface area contributed by atoms with Crippen LogP contribution in [0, 0.1) is 17.7 Å². The van der Waals surface area contributed by atoms with Crippen molar-refractivity contribution >= 4 is 11.5 Å². The first-order valence-corrected chi connectivity index (χ1v) is 10.1. The molecule has 0 spiro atoms. The summed E-state index contributed by atoms with van der Waals surface area (Å²) in [6.07, 6.45) is 6.13. The Morgan fingerprint density at radius 3 is 2.74 bits per heavy atom. The summed E-state index contributed by atoms with van der Waals surface area (Å²) in [6.45, 7) is 5.47. The van der Waals surface area contributed by atoms with Gasteiger partial charge in [0.05, 0.1) is 24.9 Å². The minimum atomic E-state index is -0.592. The van der Waals surface area contributed by atoms with Gasteiger partial charge < -0.3 is 15.2 Å². The van der Waals surface area contributed by atoms with Crippen LogP contribution in [0.5, 0.6) is 0 Å². The standard InChI is InChI=1S/C20H29FN4O2/c1-12(2)13-3-5-14(6-4-13)17-9-15(21)18-10-22-20(24-25(17)18)23-16-7-8-27-11-19(16)26/h9-10,12-14,16,19,26H,3-8,11H2,1-2H3,(H,23,24)/t13-,14+,16-,19-/m1/s1. The van der Waals surface area contributed by atoms with Crippen molar-refractivity contribution in [3.63, 3.8) is 0 Å². The SMILES string of the molecule is CC(C)[C@H]1CC[C@@H](c2cc(F)c3cnc(N[C@@H]4CCOC[C@H]4O)nn32)CC1. The fourth-order valence-corrected chi connectivity index (χ4v) is 4.47. The average molecular weight is 376 g/mol. The van der Waals surface area contributed by atoms with Gasteiger partial charge >= 0.3 is 0 Å². The number of fused-ring (bicyclic) bond motifs is 1. The van der Waals surface area contributed by atoms with Gasteiger partial charge in [0.25, 0.3) is 0 Å². The number of ether oxygens (including phenoxy) is 1. The van der Waals surface area contributed by atoms with Crippen LogP contribution in [-0.4, -0.2) is 45.1 Å². The highest BCUT2D eigenvalue weighted by atomic mass is 19.1. The fraction of sp³-hybridized carbons (Fsp3) is 0.700. The zero-order valence-corrected chi connectivity index (χ0v) is 16.1. The topological polar surface area (TPSA) is 71.7 Å². The Bertz CT molecular complexity index is 786. The Kier molecular flexibility index (Phi) is 5.32. The molecule has 0 aromatic carbocycles. The zero-order valence-electron chi connectivity index (χ0n) is 16.1. The molecule has 1 aliphatic carbocycles. The molecule has 0 unspecified atom stereocenters. The maximum Gasteiger partial charge on any atom is 0.241 e. The maximum atomic E-state index is 14.4. The van der Waals surface area contributed by atoms with Crippen molar-refractivity contribution in [2.75, 3.05) is 18.5 Å². The van der Waals surface area contributed by atoms with Crippen LogP contribution in [0.1, 0.15) is 57.6 Å². The van der Waals surface area contributed by atoms with Crippen LogP contribution in [-0.2, 0) is 4.74 Å². The molecule has 148 valence electrons. The van der Waals surface area contributed by atoms with Crippen LogP contribution >= 0.6 is 0 Å². The number of hydrogen-bond donors (Lipinski definition) is 2. The minimum absolute atomic E-state index is 0.151. The van der Waals surface area contributed by atoms with Gasteiger partial charge in [-0.1, -0.05) is 13.8 Å². The van der Waals surface area contributed by atoms with Gasteiger partial charge in [-0.2, -0.15) is 0 Å². The third kappa shape index (κ3) is 3.80. The first-order chi connectivity index (χ1) is 13.0. The number of aliphatic hydroxyl groups is 1. The molecule has 0 amide bonds. The van der Waals surface area contributed by atoms with E-state index >= 15 is 0 Å². The largest absolute Gasteiger partial charge is 0.389 e. The second-order valence-corrected chi connectivity index (χ2v) is 8.33. The van der Waals surface area contributed by atoms with Crippen molar-refractivity contribution in [1.29, 1.82) is 0 Å². The normalized spacial score (nSPS) is 29.4. The first-order valence-electron chi connectivity index (χ1n) is 10.1. The summed E-state index contributed by atoms with van der Waals surface area (Å²) in [7, 11) is 0. The number of aromatic nitrogens is 3. The molecule has 2 fully saturated rings. The molecule has 1 aliphatic heterocycles. The van der Waals surface area contributed by atoms with Crippen LogP contribution in [0.2, 0.25) is 0 Å². The van der Waals surface area contributed by atoms with Gasteiger partial charge in [-0.15, -0.1) is 5.10 Å². The number of rotatable bonds is 4. The second kappa shape index (κ2) is 7.72. The number of nitrogens with zero attached hydrogens (tertiary/aromatic N) is 3. The minimum Gasteiger partial charge on any atom is -0.389 e. The smallest absolute Gasteiger partial charge is 0.241 e. The Labute approximate surface area is 159 Å². The molecule has 2 aliphatic rings. The van der Waals surface area contributed by atoms with Gasteiger partial charge in [0, 0.05) is 18.2 Å². The van der Waals surface area contributed by atoms with Gasteiger partial charge in [-0.3, -0.25) is 0 Å². The molecule has 27 heavy (non-hydrogen) atoms. The molecular weight excluding hydrogens is 347 g/mol. The Balaban J connectivity index is 1.56. The number of hydrogen-bond acceptors (Lipinski definition) is 5. The monoisotopic (exact) mass is 376 g/mol. The van der Waals surface area contributed by atoms with E-state index in [4.69, 9.17) is 4.74 Å². The van der Waals surface area contributed by atoms with Crippen LogP contribution in [0.25, 0.3) is 5.52 Å². The quantitative estimate of drug-likeness (QED) is 0.856. The van der Waals surface area contributed by atoms with Crippen LogP contribution in [0.4, 0.5) is 10.3 Å². The lowest BCUT2D eigenvalue weighted by molar-refractivity contribution is -0.0136. The zero-order chi connectivity index (χ0) is 19.0. The highest BCUT2D eigenvalue weighted by Gasteiger charge is 2.28. The van der Waals surface area contributed by atoms with Crippen LogP contribution in [0.3, 0.4) is 0 Å². The summed E-state index contributed by atoms with van der Waals surface area (Å²) in [6, 6.07) is 1.47. The fourth-order valence-electron chi connectivity index (χ4n) is 4.47. The van der Waals surface area contributed by atoms with E-state index in [1.807, 2.05) is 0 Å². The Hall–Kier alpha value is -1.73. The lowest BCUT2D eigenvalue weighted by Gasteiger charge is -2.30. The van der Waals surface area contributed by atoms with Gasteiger partial charge in [0.1, 0.15) is 5.52 Å². The molecule has 2 atom stereocenters. The van der Waals surface area contributed by atoms with E-state index in [-0.39, 0.29) is 11.9 Å². The number of nitrogens with one attached hydrogen (secondary N) is 1. The van der Waals surface area contributed by atoms with Crippen molar-refractivity contribution < 1.29 is 14.2 Å². The molecule has 6 nitrogen and oxygen atoms in total. The molecule has 0 bridgehead atoms. The van der Waals surface area contributed by atoms with E-state index in [1.54, 1.807) is 10.6 Å². The molecule has 7 heteroatoms. The van der Waals surface area contributed by atoms with Gasteiger partial charge in [0.15, 0.2) is 5.82 Å². The van der Waals surface area contributed by atoms with Gasteiger partial charge in [0.2, 0.25) is 5.95 Å².